The summed E-state index contributed by atoms with van der Waals surface area (Å²) in [5.74, 6) is 0.0754. The summed E-state index contributed by atoms with van der Waals surface area (Å²) in [5.41, 5.74) is 2.28. The van der Waals surface area contributed by atoms with Gasteiger partial charge in [-0.05, 0) is 53.8 Å². The molecule has 3 aromatic rings. The molecule has 138 valence electrons. The van der Waals surface area contributed by atoms with Crippen molar-refractivity contribution >= 4 is 16.7 Å². The molecule has 4 nitrogen and oxygen atoms in total. The third-order valence-corrected chi connectivity index (χ3v) is 5.17. The Balaban J connectivity index is 1.39. The predicted octanol–water partition coefficient (Wildman–Crippen LogP) is 4.08. The minimum Gasteiger partial charge on any atom is -0.348 e. The first kappa shape index (κ1) is 17.7. The van der Waals surface area contributed by atoms with Gasteiger partial charge in [-0.3, -0.25) is 14.7 Å². The summed E-state index contributed by atoms with van der Waals surface area (Å²) in [5, 5.41) is 5.58. The quantitative estimate of drug-likeness (QED) is 0.691. The number of benzene rings is 2. The van der Waals surface area contributed by atoms with Crippen molar-refractivity contribution in [1.82, 2.24) is 15.2 Å². The zero-order chi connectivity index (χ0) is 18.6. The van der Waals surface area contributed by atoms with Crippen molar-refractivity contribution < 1.29 is 4.79 Å². The monoisotopic (exact) mass is 359 g/mol. The summed E-state index contributed by atoms with van der Waals surface area (Å²) in [4.78, 5) is 19.1. The van der Waals surface area contributed by atoms with Crippen molar-refractivity contribution in [3.8, 4) is 0 Å². The highest BCUT2D eigenvalue weighted by Gasteiger charge is 2.30. The molecule has 2 aromatic carbocycles. The summed E-state index contributed by atoms with van der Waals surface area (Å²) in [6, 6.07) is 19.2. The van der Waals surface area contributed by atoms with Crippen LogP contribution in [-0.2, 0) is 11.3 Å². The van der Waals surface area contributed by atoms with E-state index in [1.54, 1.807) is 6.20 Å². The van der Waals surface area contributed by atoms with Gasteiger partial charge in [0.25, 0.3) is 0 Å². The van der Waals surface area contributed by atoms with Gasteiger partial charge in [-0.1, -0.05) is 42.5 Å². The van der Waals surface area contributed by atoms with Crippen molar-refractivity contribution in [3.05, 3.63) is 78.1 Å². The van der Waals surface area contributed by atoms with Crippen LogP contribution in [0.15, 0.2) is 67.0 Å². The number of amides is 1. The molecule has 0 saturated heterocycles. The Morgan fingerprint density at radius 3 is 2.70 bits per heavy atom. The molecular formula is C23H25N3O. The van der Waals surface area contributed by atoms with E-state index in [1.165, 1.54) is 23.6 Å². The van der Waals surface area contributed by atoms with Crippen LogP contribution in [0.3, 0.4) is 0 Å². The van der Waals surface area contributed by atoms with Crippen molar-refractivity contribution in [2.24, 2.45) is 0 Å². The first-order valence-electron chi connectivity index (χ1n) is 9.60. The second kappa shape index (κ2) is 7.89. The topological polar surface area (TPSA) is 45.2 Å². The molecule has 4 rings (SSSR count). The number of nitrogens with zero attached hydrogens (tertiary/aromatic N) is 2. The second-order valence-corrected chi connectivity index (χ2v) is 7.39. The molecule has 1 amide bonds. The molecule has 0 spiro atoms. The fourth-order valence-electron chi connectivity index (χ4n) is 3.51. The average molecular weight is 359 g/mol. The van der Waals surface area contributed by atoms with Crippen LogP contribution in [0.25, 0.3) is 10.8 Å². The van der Waals surface area contributed by atoms with Crippen LogP contribution in [0.5, 0.6) is 0 Å². The number of rotatable bonds is 7. The number of pyridine rings is 1. The number of carbonyl (C=O) groups is 1. The molecule has 4 heteroatoms. The summed E-state index contributed by atoms with van der Waals surface area (Å²) in [6.45, 7) is 3.25. The molecule has 1 heterocycles. The van der Waals surface area contributed by atoms with E-state index in [2.05, 4.69) is 51.6 Å². The lowest BCUT2D eigenvalue weighted by molar-refractivity contribution is -0.123. The Labute approximate surface area is 160 Å². The lowest BCUT2D eigenvalue weighted by Crippen LogP contribution is -2.39. The molecule has 1 aliphatic rings. The van der Waals surface area contributed by atoms with Gasteiger partial charge in [-0.2, -0.15) is 0 Å². The van der Waals surface area contributed by atoms with E-state index < -0.39 is 0 Å². The van der Waals surface area contributed by atoms with Crippen molar-refractivity contribution in [2.45, 2.75) is 38.4 Å². The average Bonchev–Trinajstić information content (AvgIpc) is 3.53. The third kappa shape index (κ3) is 4.52. The van der Waals surface area contributed by atoms with Crippen molar-refractivity contribution in [2.75, 3.05) is 6.54 Å². The number of nitrogens with one attached hydrogen (secondary N) is 1. The fourth-order valence-corrected chi connectivity index (χ4v) is 3.51. The molecule has 1 unspecified atom stereocenters. The minimum absolute atomic E-state index is 0.0125. The fraction of sp³-hybridized carbons (Fsp3) is 0.304. The molecule has 27 heavy (non-hydrogen) atoms. The molecule has 1 N–H and O–H groups in total. The SMILES string of the molecule is CC(NC(=O)CN(Cc1cccnc1)C1CC1)c1ccc2ccccc2c1. The number of fused-ring (bicyclic) bond motifs is 1. The van der Waals surface area contributed by atoms with E-state index in [0.717, 1.165) is 17.7 Å². The van der Waals surface area contributed by atoms with Gasteiger partial charge in [0, 0.05) is 25.0 Å². The normalized spacial score (nSPS) is 15.0. The van der Waals surface area contributed by atoms with Gasteiger partial charge in [0.15, 0.2) is 0 Å². The van der Waals surface area contributed by atoms with E-state index in [4.69, 9.17) is 0 Å². The molecular weight excluding hydrogens is 334 g/mol. The molecule has 1 aliphatic carbocycles. The maximum atomic E-state index is 12.7. The summed E-state index contributed by atoms with van der Waals surface area (Å²) >= 11 is 0. The first-order valence-corrected chi connectivity index (χ1v) is 9.60. The van der Waals surface area contributed by atoms with Crippen molar-refractivity contribution in [1.29, 1.82) is 0 Å². The molecule has 0 aliphatic heterocycles. The van der Waals surface area contributed by atoms with Crippen LogP contribution in [0.4, 0.5) is 0 Å². The van der Waals surface area contributed by atoms with E-state index in [0.29, 0.717) is 12.6 Å². The van der Waals surface area contributed by atoms with E-state index in [9.17, 15) is 4.79 Å². The summed E-state index contributed by atoms with van der Waals surface area (Å²) in [7, 11) is 0. The molecule has 1 atom stereocenters. The maximum absolute atomic E-state index is 12.7. The first-order chi connectivity index (χ1) is 13.2. The van der Waals surface area contributed by atoms with Gasteiger partial charge >= 0.3 is 0 Å². The van der Waals surface area contributed by atoms with Gasteiger partial charge in [-0.25, -0.2) is 0 Å². The summed E-state index contributed by atoms with van der Waals surface area (Å²) in [6.07, 6.45) is 6.01. The van der Waals surface area contributed by atoms with Gasteiger partial charge in [0.1, 0.15) is 0 Å². The molecule has 1 saturated carbocycles. The standard InChI is InChI=1S/C23H25N3O/c1-17(20-9-8-19-6-2-3-7-21(19)13-20)25-23(27)16-26(22-10-11-22)15-18-5-4-12-24-14-18/h2-9,12-14,17,22H,10-11,15-16H2,1H3,(H,25,27). The van der Waals surface area contributed by atoms with E-state index in [1.807, 2.05) is 31.3 Å². The zero-order valence-electron chi connectivity index (χ0n) is 15.6. The van der Waals surface area contributed by atoms with Gasteiger partial charge in [0.05, 0.1) is 12.6 Å². The Morgan fingerprint density at radius 2 is 1.96 bits per heavy atom. The molecule has 0 bridgehead atoms. The minimum atomic E-state index is -0.0125. The predicted molar refractivity (Wildman–Crippen MR) is 108 cm³/mol. The molecule has 0 radical (unpaired) electrons. The number of hydrogen-bond acceptors (Lipinski definition) is 3. The Bertz CT molecular complexity index is 921. The van der Waals surface area contributed by atoms with Gasteiger partial charge in [-0.15, -0.1) is 0 Å². The smallest absolute Gasteiger partial charge is 0.234 e. The van der Waals surface area contributed by atoms with Crippen LogP contribution in [-0.4, -0.2) is 28.4 Å². The highest BCUT2D eigenvalue weighted by Crippen LogP contribution is 2.28. The number of hydrogen-bond donors (Lipinski definition) is 1. The van der Waals surface area contributed by atoms with Crippen LogP contribution in [0, 0.1) is 0 Å². The zero-order valence-corrected chi connectivity index (χ0v) is 15.6. The number of aromatic nitrogens is 1. The largest absolute Gasteiger partial charge is 0.348 e. The van der Waals surface area contributed by atoms with Crippen LogP contribution in [0.1, 0.15) is 36.9 Å². The Morgan fingerprint density at radius 1 is 1.15 bits per heavy atom. The van der Waals surface area contributed by atoms with E-state index in [-0.39, 0.29) is 11.9 Å². The van der Waals surface area contributed by atoms with Crippen LogP contribution in [0.2, 0.25) is 0 Å². The van der Waals surface area contributed by atoms with Crippen LogP contribution < -0.4 is 5.32 Å². The third-order valence-electron chi connectivity index (χ3n) is 5.17. The van der Waals surface area contributed by atoms with Gasteiger partial charge < -0.3 is 5.32 Å². The maximum Gasteiger partial charge on any atom is 0.234 e. The number of carbonyl (C=O) groups excluding carboxylic acids is 1. The van der Waals surface area contributed by atoms with Crippen LogP contribution >= 0.6 is 0 Å². The Hall–Kier alpha value is -2.72. The highest BCUT2D eigenvalue weighted by molar-refractivity contribution is 5.83. The lowest BCUT2D eigenvalue weighted by atomic mass is 10.0. The molecule has 1 aromatic heterocycles. The van der Waals surface area contributed by atoms with E-state index >= 15 is 0 Å². The summed E-state index contributed by atoms with van der Waals surface area (Å²) < 4.78 is 0. The highest BCUT2D eigenvalue weighted by atomic mass is 16.2. The van der Waals surface area contributed by atoms with Gasteiger partial charge in [0.2, 0.25) is 5.91 Å². The molecule has 1 fully saturated rings. The van der Waals surface area contributed by atoms with Crippen molar-refractivity contribution in [3.63, 3.8) is 0 Å². The second-order valence-electron chi connectivity index (χ2n) is 7.39. The lowest BCUT2D eigenvalue weighted by Gasteiger charge is -2.23. The Kier molecular flexibility index (Phi) is 5.16.